The van der Waals surface area contributed by atoms with Crippen LogP contribution in [0.4, 0.5) is 0 Å². The van der Waals surface area contributed by atoms with Gasteiger partial charge in [0.05, 0.1) is 11.1 Å². The number of carboxylic acid groups (broad SMARTS) is 1. The Balaban J connectivity index is 2.01. The molecule has 0 saturated carbocycles. The smallest absolute Gasteiger partial charge is 0.335 e. The molecule has 0 amide bonds. The fourth-order valence-corrected chi connectivity index (χ4v) is 3.81. The third-order valence-electron chi connectivity index (χ3n) is 4.86. The van der Waals surface area contributed by atoms with Crippen LogP contribution in [0.25, 0.3) is 16.6 Å². The Hall–Kier alpha value is -2.55. The number of para-hydroxylation sites is 1. The van der Waals surface area contributed by atoms with E-state index in [1.165, 1.54) is 35.0 Å². The van der Waals surface area contributed by atoms with Gasteiger partial charge in [0.2, 0.25) is 0 Å². The van der Waals surface area contributed by atoms with E-state index in [0.717, 1.165) is 24.1 Å². The number of carbonyl (C=O) groups is 1. The Labute approximate surface area is 135 Å². The molecule has 0 unspecified atom stereocenters. The van der Waals surface area contributed by atoms with Gasteiger partial charge in [-0.1, -0.05) is 18.2 Å². The summed E-state index contributed by atoms with van der Waals surface area (Å²) in [6.07, 6.45) is 4.69. The number of hydrogen-bond acceptors (Lipinski definition) is 1. The summed E-state index contributed by atoms with van der Waals surface area (Å²) in [7, 11) is 0. The zero-order valence-electron chi connectivity index (χ0n) is 13.2. The average Bonchev–Trinajstić information content (AvgIpc) is 2.89. The monoisotopic (exact) mass is 305 g/mol. The van der Waals surface area contributed by atoms with Crippen molar-refractivity contribution in [1.82, 2.24) is 4.57 Å². The highest BCUT2D eigenvalue weighted by Gasteiger charge is 2.21. The van der Waals surface area contributed by atoms with Gasteiger partial charge in [-0.2, -0.15) is 0 Å². The average molecular weight is 305 g/mol. The van der Waals surface area contributed by atoms with Crippen LogP contribution in [0.1, 0.15) is 40.0 Å². The summed E-state index contributed by atoms with van der Waals surface area (Å²) in [5.41, 5.74) is 6.52. The zero-order valence-corrected chi connectivity index (χ0v) is 13.2. The van der Waals surface area contributed by atoms with Crippen molar-refractivity contribution in [1.29, 1.82) is 0 Å². The van der Waals surface area contributed by atoms with Crippen molar-refractivity contribution in [3.05, 3.63) is 64.8 Å². The first-order valence-electron chi connectivity index (χ1n) is 8.12. The summed E-state index contributed by atoms with van der Waals surface area (Å²) in [4.78, 5) is 11.2. The molecule has 23 heavy (non-hydrogen) atoms. The second-order valence-electron chi connectivity index (χ2n) is 6.29. The minimum absolute atomic E-state index is 0.344. The molecule has 0 bridgehead atoms. The lowest BCUT2D eigenvalue weighted by Gasteiger charge is -2.18. The number of aromatic carboxylic acids is 1. The predicted molar refractivity (Wildman–Crippen MR) is 91.6 cm³/mol. The van der Waals surface area contributed by atoms with Gasteiger partial charge in [-0.05, 0) is 68.0 Å². The molecule has 1 N–H and O–H groups in total. The van der Waals surface area contributed by atoms with E-state index in [0.29, 0.717) is 5.56 Å². The summed E-state index contributed by atoms with van der Waals surface area (Å²) < 4.78 is 2.34. The van der Waals surface area contributed by atoms with E-state index < -0.39 is 5.97 Å². The Kier molecular flexibility index (Phi) is 3.22. The lowest BCUT2D eigenvalue weighted by molar-refractivity contribution is 0.0697. The Morgan fingerprint density at radius 3 is 2.65 bits per heavy atom. The highest BCUT2D eigenvalue weighted by molar-refractivity contribution is 5.90. The molecular formula is C20H19NO2. The van der Waals surface area contributed by atoms with Crippen molar-refractivity contribution < 1.29 is 9.90 Å². The fourth-order valence-electron chi connectivity index (χ4n) is 3.81. The molecule has 0 spiro atoms. The maximum atomic E-state index is 11.2. The van der Waals surface area contributed by atoms with Gasteiger partial charge in [-0.15, -0.1) is 0 Å². The minimum atomic E-state index is -0.876. The van der Waals surface area contributed by atoms with Gasteiger partial charge in [-0.3, -0.25) is 0 Å². The third kappa shape index (κ3) is 2.15. The number of fused-ring (bicyclic) bond motifs is 3. The van der Waals surface area contributed by atoms with Crippen LogP contribution in [-0.2, 0) is 12.8 Å². The number of carboxylic acids is 1. The van der Waals surface area contributed by atoms with Crippen LogP contribution in [-0.4, -0.2) is 15.6 Å². The van der Waals surface area contributed by atoms with E-state index in [2.05, 4.69) is 28.8 Å². The molecule has 116 valence electrons. The summed E-state index contributed by atoms with van der Waals surface area (Å²) in [5, 5.41) is 10.5. The molecule has 0 radical (unpaired) electrons. The molecular weight excluding hydrogens is 286 g/mol. The summed E-state index contributed by atoms with van der Waals surface area (Å²) in [6, 6.07) is 14.0. The van der Waals surface area contributed by atoms with Crippen molar-refractivity contribution >= 4 is 16.9 Å². The first-order chi connectivity index (χ1) is 11.2. The van der Waals surface area contributed by atoms with Crippen LogP contribution >= 0.6 is 0 Å². The number of aromatic nitrogens is 1. The maximum absolute atomic E-state index is 11.2. The molecule has 4 rings (SSSR count). The van der Waals surface area contributed by atoms with Gasteiger partial charge in [0.1, 0.15) is 0 Å². The van der Waals surface area contributed by atoms with Crippen molar-refractivity contribution in [2.75, 3.05) is 0 Å². The standard InChI is InChI=1S/C20H19NO2/c1-13-12-14(20(22)23)10-11-17(13)21-18-8-4-2-6-15(18)16-7-3-5-9-19(16)21/h2,4,6,8,10-12H,3,5,7,9H2,1H3,(H,22,23). The van der Waals surface area contributed by atoms with Gasteiger partial charge >= 0.3 is 5.97 Å². The molecule has 1 aliphatic carbocycles. The van der Waals surface area contributed by atoms with Gasteiger partial charge in [0.25, 0.3) is 0 Å². The first kappa shape index (κ1) is 14.1. The normalized spacial score (nSPS) is 14.0. The Bertz CT molecular complexity index is 921. The van der Waals surface area contributed by atoms with Crippen molar-refractivity contribution in [2.24, 2.45) is 0 Å². The van der Waals surface area contributed by atoms with E-state index >= 15 is 0 Å². The van der Waals surface area contributed by atoms with E-state index in [1.807, 2.05) is 13.0 Å². The lowest BCUT2D eigenvalue weighted by Crippen LogP contribution is -2.08. The maximum Gasteiger partial charge on any atom is 0.335 e. The molecule has 3 nitrogen and oxygen atoms in total. The molecule has 3 aromatic rings. The molecule has 1 aliphatic rings. The van der Waals surface area contributed by atoms with E-state index in [9.17, 15) is 9.90 Å². The van der Waals surface area contributed by atoms with E-state index in [1.54, 1.807) is 12.1 Å². The molecule has 0 aliphatic heterocycles. The third-order valence-corrected chi connectivity index (χ3v) is 4.86. The highest BCUT2D eigenvalue weighted by Crippen LogP contribution is 2.35. The molecule has 3 heteroatoms. The van der Waals surface area contributed by atoms with Crippen molar-refractivity contribution in [3.8, 4) is 5.69 Å². The summed E-state index contributed by atoms with van der Waals surface area (Å²) >= 11 is 0. The quantitative estimate of drug-likeness (QED) is 0.756. The molecule has 1 aromatic heterocycles. The predicted octanol–water partition coefficient (Wildman–Crippen LogP) is 4.52. The zero-order chi connectivity index (χ0) is 16.0. The number of rotatable bonds is 2. The Morgan fingerprint density at radius 1 is 1.09 bits per heavy atom. The number of hydrogen-bond donors (Lipinski definition) is 1. The van der Waals surface area contributed by atoms with Gasteiger partial charge in [0.15, 0.2) is 0 Å². The second-order valence-corrected chi connectivity index (χ2v) is 6.29. The molecule has 1 heterocycles. The Morgan fingerprint density at radius 2 is 1.87 bits per heavy atom. The molecule has 2 aromatic carbocycles. The van der Waals surface area contributed by atoms with E-state index in [4.69, 9.17) is 0 Å². The number of aryl methyl sites for hydroxylation is 2. The van der Waals surface area contributed by atoms with Crippen LogP contribution in [0, 0.1) is 6.92 Å². The topological polar surface area (TPSA) is 42.2 Å². The van der Waals surface area contributed by atoms with Crippen LogP contribution < -0.4 is 0 Å². The molecule has 0 saturated heterocycles. The van der Waals surface area contributed by atoms with E-state index in [-0.39, 0.29) is 0 Å². The van der Waals surface area contributed by atoms with Crippen LogP contribution in [0.15, 0.2) is 42.5 Å². The SMILES string of the molecule is Cc1cc(C(=O)O)ccc1-n1c2c(c3ccccc31)CCCC2. The lowest BCUT2D eigenvalue weighted by atomic mass is 9.95. The minimum Gasteiger partial charge on any atom is -0.478 e. The largest absolute Gasteiger partial charge is 0.478 e. The van der Waals surface area contributed by atoms with Crippen LogP contribution in [0.5, 0.6) is 0 Å². The first-order valence-corrected chi connectivity index (χ1v) is 8.12. The van der Waals surface area contributed by atoms with Gasteiger partial charge in [-0.25, -0.2) is 4.79 Å². The summed E-state index contributed by atoms with van der Waals surface area (Å²) in [5.74, 6) is -0.876. The second kappa shape index (κ2) is 5.27. The van der Waals surface area contributed by atoms with Crippen molar-refractivity contribution in [2.45, 2.75) is 32.6 Å². The van der Waals surface area contributed by atoms with Crippen LogP contribution in [0.3, 0.4) is 0 Å². The number of benzene rings is 2. The van der Waals surface area contributed by atoms with Gasteiger partial charge in [0, 0.05) is 16.8 Å². The highest BCUT2D eigenvalue weighted by atomic mass is 16.4. The number of nitrogens with zero attached hydrogens (tertiary/aromatic N) is 1. The van der Waals surface area contributed by atoms with Crippen molar-refractivity contribution in [3.63, 3.8) is 0 Å². The van der Waals surface area contributed by atoms with Crippen LogP contribution in [0.2, 0.25) is 0 Å². The molecule has 0 fully saturated rings. The fraction of sp³-hybridized carbons (Fsp3) is 0.250. The summed E-state index contributed by atoms with van der Waals surface area (Å²) in [6.45, 7) is 1.99. The molecule has 0 atom stereocenters. The van der Waals surface area contributed by atoms with Gasteiger partial charge < -0.3 is 9.67 Å².